The number of likely N-dealkylation sites (N-methyl/N-ethyl adjacent to an activating group) is 1. The van der Waals surface area contributed by atoms with E-state index >= 15 is 0 Å². The van der Waals surface area contributed by atoms with E-state index in [0.717, 1.165) is 29.1 Å². The van der Waals surface area contributed by atoms with Crippen molar-refractivity contribution in [1.29, 1.82) is 0 Å². The third kappa shape index (κ3) is 5.37. The summed E-state index contributed by atoms with van der Waals surface area (Å²) in [7, 11) is 3.90. The molecule has 2 aliphatic rings. The Morgan fingerprint density at radius 3 is 2.37 bits per heavy atom. The molecule has 0 bridgehead atoms. The third-order valence-corrected chi connectivity index (χ3v) is 7.80. The van der Waals surface area contributed by atoms with Crippen LogP contribution in [-0.4, -0.2) is 79.8 Å². The first kappa shape index (κ1) is 27.9. The van der Waals surface area contributed by atoms with Gasteiger partial charge in [0.15, 0.2) is 0 Å². The fourth-order valence-electron chi connectivity index (χ4n) is 5.61. The zero-order valence-electron chi connectivity index (χ0n) is 21.6. The van der Waals surface area contributed by atoms with E-state index in [9.17, 15) is 27.9 Å². The SMILES string of the molecule is CN(C)CCOc1ccccc1C1CNC(=O)CC12CCN(C(=O)[C@](O)(c1ccccc1)C(F)(F)F)CC2. The number of hydrogen-bond donors (Lipinski definition) is 2. The highest BCUT2D eigenvalue weighted by atomic mass is 19.4. The number of para-hydroxylation sites is 1. The van der Waals surface area contributed by atoms with Crippen LogP contribution in [0.2, 0.25) is 0 Å². The molecule has 10 heteroatoms. The fraction of sp³-hybridized carbons (Fsp3) is 0.500. The molecule has 206 valence electrons. The Hall–Kier alpha value is -3.11. The second-order valence-electron chi connectivity index (χ2n) is 10.5. The van der Waals surface area contributed by atoms with E-state index in [1.165, 1.54) is 18.2 Å². The van der Waals surface area contributed by atoms with Gasteiger partial charge in [0.1, 0.15) is 12.4 Å². The Morgan fingerprint density at radius 2 is 1.74 bits per heavy atom. The summed E-state index contributed by atoms with van der Waals surface area (Å²) in [5, 5.41) is 13.7. The summed E-state index contributed by atoms with van der Waals surface area (Å²) in [6, 6.07) is 14.1. The lowest BCUT2D eigenvalue weighted by molar-refractivity contribution is -0.262. The lowest BCUT2D eigenvalue weighted by Crippen LogP contribution is -2.59. The number of nitrogens with one attached hydrogen (secondary N) is 1. The van der Waals surface area contributed by atoms with Crippen LogP contribution in [0.1, 0.15) is 36.3 Å². The van der Waals surface area contributed by atoms with Crippen LogP contribution in [0.3, 0.4) is 0 Å². The Bertz CT molecular complexity index is 1130. The van der Waals surface area contributed by atoms with Crippen molar-refractivity contribution in [2.45, 2.75) is 37.0 Å². The van der Waals surface area contributed by atoms with Gasteiger partial charge in [0.05, 0.1) is 0 Å². The van der Waals surface area contributed by atoms with Crippen molar-refractivity contribution in [3.63, 3.8) is 0 Å². The van der Waals surface area contributed by atoms with Gasteiger partial charge in [-0.25, -0.2) is 0 Å². The number of alkyl halides is 3. The lowest BCUT2D eigenvalue weighted by Gasteiger charge is -2.50. The quantitative estimate of drug-likeness (QED) is 0.571. The number of benzene rings is 2. The molecule has 38 heavy (non-hydrogen) atoms. The van der Waals surface area contributed by atoms with E-state index < -0.39 is 28.7 Å². The Morgan fingerprint density at radius 1 is 1.11 bits per heavy atom. The smallest absolute Gasteiger partial charge is 0.430 e. The Labute approximate surface area is 220 Å². The molecule has 2 fully saturated rings. The molecule has 2 aromatic rings. The molecule has 2 saturated heterocycles. The minimum Gasteiger partial charge on any atom is -0.492 e. The predicted molar refractivity (Wildman–Crippen MR) is 135 cm³/mol. The summed E-state index contributed by atoms with van der Waals surface area (Å²) in [4.78, 5) is 28.8. The van der Waals surface area contributed by atoms with E-state index in [1.807, 2.05) is 43.3 Å². The van der Waals surface area contributed by atoms with Gasteiger partial charge in [-0.1, -0.05) is 48.5 Å². The van der Waals surface area contributed by atoms with Crippen LogP contribution in [0.4, 0.5) is 13.2 Å². The first-order valence-corrected chi connectivity index (χ1v) is 12.7. The third-order valence-electron chi connectivity index (χ3n) is 7.80. The second kappa shape index (κ2) is 10.9. The summed E-state index contributed by atoms with van der Waals surface area (Å²) >= 11 is 0. The summed E-state index contributed by atoms with van der Waals surface area (Å²) < 4.78 is 48.4. The molecule has 2 amide bonds. The van der Waals surface area contributed by atoms with Crippen molar-refractivity contribution in [3.05, 3.63) is 65.7 Å². The zero-order valence-corrected chi connectivity index (χ0v) is 21.6. The average Bonchev–Trinajstić information content (AvgIpc) is 2.88. The highest BCUT2D eigenvalue weighted by molar-refractivity contribution is 5.87. The number of rotatable bonds is 7. The molecule has 0 aromatic heterocycles. The van der Waals surface area contributed by atoms with E-state index in [1.54, 1.807) is 0 Å². The zero-order chi connectivity index (χ0) is 27.6. The first-order valence-electron chi connectivity index (χ1n) is 12.7. The van der Waals surface area contributed by atoms with Gasteiger partial charge in [-0.15, -0.1) is 0 Å². The number of nitrogens with zero attached hydrogens (tertiary/aromatic N) is 2. The van der Waals surface area contributed by atoms with Crippen molar-refractivity contribution in [2.75, 3.05) is 46.9 Å². The van der Waals surface area contributed by atoms with Gasteiger partial charge in [0.25, 0.3) is 11.5 Å². The molecule has 0 radical (unpaired) electrons. The van der Waals surface area contributed by atoms with Crippen LogP contribution in [0.15, 0.2) is 54.6 Å². The summed E-state index contributed by atoms with van der Waals surface area (Å²) in [6.07, 6.45) is -4.35. The molecule has 1 unspecified atom stereocenters. The molecule has 2 atom stereocenters. The van der Waals surface area contributed by atoms with Crippen molar-refractivity contribution >= 4 is 11.8 Å². The molecule has 2 heterocycles. The van der Waals surface area contributed by atoms with E-state index in [2.05, 4.69) is 5.32 Å². The van der Waals surface area contributed by atoms with Crippen molar-refractivity contribution in [2.24, 2.45) is 5.41 Å². The average molecular weight is 534 g/mol. The largest absolute Gasteiger partial charge is 0.492 e. The topological polar surface area (TPSA) is 82.1 Å². The normalized spacial score (nSPS) is 21.2. The van der Waals surface area contributed by atoms with Gasteiger partial charge in [0.2, 0.25) is 5.91 Å². The minimum absolute atomic E-state index is 0.00249. The standard InChI is InChI=1S/C28H34F3N3O4/c1-33(2)16-17-38-23-11-7-6-10-21(23)22-19-32-24(35)18-26(22)12-14-34(15-13-26)25(36)27(37,28(29,30)31)20-8-4-3-5-9-20/h3-11,22,37H,12-19H2,1-2H3,(H,32,35)/t22?,27-/m1/s1. The Balaban J connectivity index is 1.58. The van der Waals surface area contributed by atoms with Gasteiger partial charge >= 0.3 is 6.18 Å². The number of halogens is 3. The van der Waals surface area contributed by atoms with E-state index in [0.29, 0.717) is 31.7 Å². The first-order chi connectivity index (χ1) is 18.0. The molecule has 7 nitrogen and oxygen atoms in total. The van der Waals surface area contributed by atoms with Crippen molar-refractivity contribution < 1.29 is 32.6 Å². The molecule has 4 rings (SSSR count). The number of amides is 2. The van der Waals surface area contributed by atoms with Crippen molar-refractivity contribution in [3.8, 4) is 5.75 Å². The van der Waals surface area contributed by atoms with Gasteiger partial charge in [-0.2, -0.15) is 13.2 Å². The van der Waals surface area contributed by atoms with Crippen LogP contribution >= 0.6 is 0 Å². The number of ether oxygens (including phenoxy) is 1. The summed E-state index contributed by atoms with van der Waals surface area (Å²) in [6.45, 7) is 1.57. The molecular weight excluding hydrogens is 499 g/mol. The van der Waals surface area contributed by atoms with Crippen LogP contribution in [-0.2, 0) is 15.2 Å². The molecule has 2 aromatic carbocycles. The maximum Gasteiger partial charge on any atom is 0.430 e. The van der Waals surface area contributed by atoms with E-state index in [-0.39, 0.29) is 31.3 Å². The van der Waals surface area contributed by atoms with Crippen LogP contribution in [0.5, 0.6) is 5.75 Å². The second-order valence-corrected chi connectivity index (χ2v) is 10.5. The van der Waals surface area contributed by atoms with Gasteiger partial charge in [0, 0.05) is 44.1 Å². The highest BCUT2D eigenvalue weighted by Crippen LogP contribution is 2.51. The van der Waals surface area contributed by atoms with E-state index in [4.69, 9.17) is 4.74 Å². The lowest BCUT2D eigenvalue weighted by atomic mass is 9.62. The minimum atomic E-state index is -5.20. The van der Waals surface area contributed by atoms with Gasteiger partial charge in [-0.05, 0) is 44.0 Å². The van der Waals surface area contributed by atoms with Gasteiger partial charge in [-0.3, -0.25) is 9.59 Å². The number of carbonyl (C=O) groups excluding carboxylic acids is 2. The molecular formula is C28H34F3N3O4. The number of carbonyl (C=O) groups is 2. The predicted octanol–water partition coefficient (Wildman–Crippen LogP) is 3.29. The maximum absolute atomic E-state index is 14.1. The Kier molecular flexibility index (Phi) is 8.04. The monoisotopic (exact) mass is 533 g/mol. The van der Waals surface area contributed by atoms with Crippen LogP contribution in [0.25, 0.3) is 0 Å². The maximum atomic E-state index is 14.1. The summed E-state index contributed by atoms with van der Waals surface area (Å²) in [5.41, 5.74) is -3.78. The number of likely N-dealkylation sites (tertiary alicyclic amines) is 1. The molecule has 2 aliphatic heterocycles. The number of piperidine rings is 2. The fourth-order valence-corrected chi connectivity index (χ4v) is 5.61. The van der Waals surface area contributed by atoms with Gasteiger partial charge < -0.3 is 25.0 Å². The number of hydrogen-bond acceptors (Lipinski definition) is 5. The van der Waals surface area contributed by atoms with Crippen LogP contribution in [0, 0.1) is 5.41 Å². The molecule has 0 saturated carbocycles. The molecule has 0 aliphatic carbocycles. The van der Waals surface area contributed by atoms with Crippen molar-refractivity contribution in [1.82, 2.24) is 15.1 Å². The van der Waals surface area contributed by atoms with Crippen LogP contribution < -0.4 is 10.1 Å². The highest BCUT2D eigenvalue weighted by Gasteiger charge is 2.62. The summed E-state index contributed by atoms with van der Waals surface area (Å²) in [5.74, 6) is -0.939. The molecule has 2 N–H and O–H groups in total. The molecule has 1 spiro atoms. The number of aliphatic hydroxyl groups is 1.